The second-order valence-corrected chi connectivity index (χ2v) is 10.6. The topological polar surface area (TPSA) is 87.2 Å². The van der Waals surface area contributed by atoms with Crippen LogP contribution in [0.15, 0.2) is 53.6 Å². The Labute approximate surface area is 193 Å². The number of nitrogens with zero attached hydrogens (tertiary/aromatic N) is 3. The van der Waals surface area contributed by atoms with Gasteiger partial charge in [0, 0.05) is 25.5 Å². The van der Waals surface area contributed by atoms with Gasteiger partial charge in [0.05, 0.1) is 11.1 Å². The van der Waals surface area contributed by atoms with Crippen LogP contribution in [0.4, 0.5) is 23.1 Å². The van der Waals surface area contributed by atoms with Gasteiger partial charge in [-0.15, -0.1) is 0 Å². The standard InChI is InChI=1S/C23H26ClN5O2S/c1-29(2)32(30,31)20-10-6-9-18(14-20)26-22-21(24)15-25-23(28-22)27-19-12-11-16-7-4-3-5-8-17(16)13-19/h6,9-15H,3-5,7-8H2,1-2H3,(H2,25,26,27,28). The number of anilines is 4. The monoisotopic (exact) mass is 471 g/mol. The molecule has 1 heterocycles. The van der Waals surface area contributed by atoms with Crippen LogP contribution in [0.1, 0.15) is 30.4 Å². The molecule has 1 aliphatic carbocycles. The van der Waals surface area contributed by atoms with Crippen molar-refractivity contribution in [2.24, 2.45) is 0 Å². The minimum Gasteiger partial charge on any atom is -0.339 e. The summed E-state index contributed by atoms with van der Waals surface area (Å²) in [5.74, 6) is 0.792. The van der Waals surface area contributed by atoms with Crippen molar-refractivity contribution in [1.29, 1.82) is 0 Å². The largest absolute Gasteiger partial charge is 0.339 e. The highest BCUT2D eigenvalue weighted by atomic mass is 35.5. The van der Waals surface area contributed by atoms with Crippen molar-refractivity contribution in [3.63, 3.8) is 0 Å². The van der Waals surface area contributed by atoms with E-state index in [2.05, 4.69) is 32.7 Å². The fourth-order valence-corrected chi connectivity index (χ4v) is 4.80. The summed E-state index contributed by atoms with van der Waals surface area (Å²) in [5, 5.41) is 6.69. The molecule has 3 aromatic rings. The number of rotatable bonds is 6. The van der Waals surface area contributed by atoms with Crippen molar-refractivity contribution in [3.05, 3.63) is 64.8 Å². The second kappa shape index (κ2) is 9.44. The van der Waals surface area contributed by atoms with E-state index in [-0.39, 0.29) is 4.90 Å². The Balaban J connectivity index is 1.56. The molecule has 0 saturated heterocycles. The van der Waals surface area contributed by atoms with Crippen molar-refractivity contribution in [2.45, 2.75) is 37.0 Å². The van der Waals surface area contributed by atoms with E-state index in [1.54, 1.807) is 24.3 Å². The Kier molecular flexibility index (Phi) is 6.64. The summed E-state index contributed by atoms with van der Waals surface area (Å²) >= 11 is 6.30. The summed E-state index contributed by atoms with van der Waals surface area (Å²) in [4.78, 5) is 8.97. The third-order valence-electron chi connectivity index (χ3n) is 5.47. The number of sulfonamides is 1. The van der Waals surface area contributed by atoms with Crippen LogP contribution < -0.4 is 10.6 Å². The van der Waals surface area contributed by atoms with Crippen LogP contribution in [0, 0.1) is 0 Å². The third-order valence-corrected chi connectivity index (χ3v) is 7.56. The predicted molar refractivity (Wildman–Crippen MR) is 129 cm³/mol. The van der Waals surface area contributed by atoms with E-state index >= 15 is 0 Å². The lowest BCUT2D eigenvalue weighted by atomic mass is 10.0. The van der Waals surface area contributed by atoms with Gasteiger partial charge in [0.2, 0.25) is 16.0 Å². The average molecular weight is 472 g/mol. The summed E-state index contributed by atoms with van der Waals surface area (Å²) in [5.41, 5.74) is 4.28. The summed E-state index contributed by atoms with van der Waals surface area (Å²) < 4.78 is 26.0. The zero-order chi connectivity index (χ0) is 22.7. The van der Waals surface area contributed by atoms with Crippen LogP contribution >= 0.6 is 11.6 Å². The summed E-state index contributed by atoms with van der Waals surface area (Å²) in [6.07, 6.45) is 7.46. The number of hydrogen-bond acceptors (Lipinski definition) is 6. The molecule has 2 aromatic carbocycles. The van der Waals surface area contributed by atoms with E-state index in [4.69, 9.17) is 11.6 Å². The zero-order valence-corrected chi connectivity index (χ0v) is 19.7. The maximum atomic E-state index is 12.4. The molecule has 2 N–H and O–H groups in total. The molecule has 4 rings (SSSR count). The van der Waals surface area contributed by atoms with Crippen LogP contribution in [0.3, 0.4) is 0 Å². The van der Waals surface area contributed by atoms with E-state index in [0.717, 1.165) is 18.5 Å². The van der Waals surface area contributed by atoms with E-state index in [1.807, 2.05) is 6.07 Å². The molecule has 0 spiro atoms. The molecule has 0 atom stereocenters. The van der Waals surface area contributed by atoms with Crippen molar-refractivity contribution >= 4 is 44.8 Å². The summed E-state index contributed by atoms with van der Waals surface area (Å²) in [6, 6.07) is 12.9. The predicted octanol–water partition coefficient (Wildman–Crippen LogP) is 5.14. The van der Waals surface area contributed by atoms with Gasteiger partial charge in [-0.25, -0.2) is 17.7 Å². The molecule has 9 heteroatoms. The van der Waals surface area contributed by atoms with Crippen LogP contribution in [0.25, 0.3) is 0 Å². The van der Waals surface area contributed by atoms with Crippen LogP contribution in [-0.2, 0) is 22.9 Å². The second-order valence-electron chi connectivity index (χ2n) is 8.00. The molecule has 32 heavy (non-hydrogen) atoms. The number of nitrogens with one attached hydrogen (secondary N) is 2. The molecule has 0 radical (unpaired) electrons. The molecule has 0 fully saturated rings. The Morgan fingerprint density at radius 2 is 1.69 bits per heavy atom. The lowest BCUT2D eigenvalue weighted by Gasteiger charge is -2.14. The molecule has 0 amide bonds. The number of halogens is 1. The number of hydrogen-bond donors (Lipinski definition) is 2. The van der Waals surface area contributed by atoms with E-state index in [0.29, 0.717) is 22.5 Å². The van der Waals surface area contributed by atoms with Gasteiger partial charge in [0.25, 0.3) is 0 Å². The quantitative estimate of drug-likeness (QED) is 0.484. The highest BCUT2D eigenvalue weighted by Crippen LogP contribution is 2.28. The SMILES string of the molecule is CN(C)S(=O)(=O)c1cccc(Nc2nc(Nc3ccc4c(c3)CCCCC4)ncc2Cl)c1. The highest BCUT2D eigenvalue weighted by Gasteiger charge is 2.18. The van der Waals surface area contributed by atoms with Crippen molar-refractivity contribution in [2.75, 3.05) is 24.7 Å². The molecule has 0 bridgehead atoms. The number of fused-ring (bicyclic) bond motifs is 1. The van der Waals surface area contributed by atoms with Gasteiger partial charge in [-0.1, -0.05) is 30.2 Å². The number of benzene rings is 2. The first-order valence-corrected chi connectivity index (χ1v) is 12.4. The molecular weight excluding hydrogens is 446 g/mol. The lowest BCUT2D eigenvalue weighted by molar-refractivity contribution is 0.521. The van der Waals surface area contributed by atoms with Gasteiger partial charge >= 0.3 is 0 Å². The van der Waals surface area contributed by atoms with Crippen molar-refractivity contribution in [1.82, 2.24) is 14.3 Å². The molecule has 1 aliphatic rings. The van der Waals surface area contributed by atoms with Gasteiger partial charge in [0.1, 0.15) is 5.02 Å². The normalized spacial score (nSPS) is 14.0. The smallest absolute Gasteiger partial charge is 0.242 e. The average Bonchev–Trinajstić information content (AvgIpc) is 3.01. The molecule has 1 aromatic heterocycles. The van der Waals surface area contributed by atoms with Gasteiger partial charge in [-0.05, 0) is 67.1 Å². The first kappa shape index (κ1) is 22.5. The van der Waals surface area contributed by atoms with Crippen molar-refractivity contribution in [3.8, 4) is 0 Å². The van der Waals surface area contributed by atoms with Gasteiger partial charge in [-0.3, -0.25) is 0 Å². The number of aromatic nitrogens is 2. The minimum absolute atomic E-state index is 0.181. The molecule has 0 aliphatic heterocycles. The Bertz CT molecular complexity index is 1230. The van der Waals surface area contributed by atoms with Gasteiger partial charge in [0.15, 0.2) is 5.82 Å². The number of aryl methyl sites for hydroxylation is 2. The third kappa shape index (κ3) is 5.03. The lowest BCUT2D eigenvalue weighted by Crippen LogP contribution is -2.22. The zero-order valence-electron chi connectivity index (χ0n) is 18.1. The molecule has 0 saturated carbocycles. The maximum Gasteiger partial charge on any atom is 0.242 e. The van der Waals surface area contributed by atoms with Crippen molar-refractivity contribution < 1.29 is 8.42 Å². The molecule has 7 nitrogen and oxygen atoms in total. The van der Waals surface area contributed by atoms with E-state index in [1.165, 1.54) is 55.0 Å². The Morgan fingerprint density at radius 3 is 2.47 bits per heavy atom. The fraction of sp³-hybridized carbons (Fsp3) is 0.304. The van der Waals surface area contributed by atoms with Crippen LogP contribution in [-0.4, -0.2) is 36.8 Å². The Morgan fingerprint density at radius 1 is 0.938 bits per heavy atom. The van der Waals surface area contributed by atoms with Gasteiger partial charge in [-0.2, -0.15) is 4.98 Å². The fourth-order valence-electron chi connectivity index (χ4n) is 3.71. The molecule has 168 valence electrons. The van der Waals surface area contributed by atoms with Crippen LogP contribution in [0.2, 0.25) is 5.02 Å². The summed E-state index contributed by atoms with van der Waals surface area (Å²) in [7, 11) is -0.551. The minimum atomic E-state index is -3.55. The van der Waals surface area contributed by atoms with Gasteiger partial charge < -0.3 is 10.6 Å². The van der Waals surface area contributed by atoms with E-state index in [9.17, 15) is 8.42 Å². The summed E-state index contributed by atoms with van der Waals surface area (Å²) in [6.45, 7) is 0. The molecular formula is C23H26ClN5O2S. The van der Waals surface area contributed by atoms with Crippen LogP contribution in [0.5, 0.6) is 0 Å². The maximum absolute atomic E-state index is 12.4. The molecule has 0 unspecified atom stereocenters. The first-order chi connectivity index (χ1) is 15.3. The van der Waals surface area contributed by atoms with E-state index < -0.39 is 10.0 Å². The Hall–Kier alpha value is -2.68. The highest BCUT2D eigenvalue weighted by molar-refractivity contribution is 7.89. The first-order valence-electron chi connectivity index (χ1n) is 10.5.